The van der Waals surface area contributed by atoms with Crippen LogP contribution in [-0.4, -0.2) is 15.5 Å². The smallest absolute Gasteiger partial charge is 0.241 e. The summed E-state index contributed by atoms with van der Waals surface area (Å²) in [7, 11) is 0. The number of nitrogens with two attached hydrogens (primary N) is 1. The van der Waals surface area contributed by atoms with Crippen molar-refractivity contribution in [1.29, 1.82) is 0 Å². The van der Waals surface area contributed by atoms with Crippen molar-refractivity contribution in [2.75, 3.05) is 0 Å². The van der Waals surface area contributed by atoms with E-state index >= 15 is 0 Å². The minimum absolute atomic E-state index is 0.458. The van der Waals surface area contributed by atoms with Crippen LogP contribution in [-0.2, 0) is 11.3 Å². The van der Waals surface area contributed by atoms with Crippen LogP contribution in [0.15, 0.2) is 18.5 Å². The number of amides is 1. The normalized spacial score (nSPS) is 10.8. The Balaban J connectivity index is 2.81. The van der Waals surface area contributed by atoms with Gasteiger partial charge in [-0.25, -0.2) is 4.98 Å². The lowest BCUT2D eigenvalue weighted by atomic mass is 10.4. The first-order chi connectivity index (χ1) is 5.74. The molecule has 64 valence electrons. The third kappa shape index (κ3) is 1.95. The van der Waals surface area contributed by atoms with Gasteiger partial charge in [0.15, 0.2) is 0 Å². The first kappa shape index (κ1) is 8.52. The van der Waals surface area contributed by atoms with E-state index in [-0.39, 0.29) is 0 Å². The molecule has 1 rings (SSSR count). The molecule has 0 aliphatic heterocycles. The highest BCUT2D eigenvalue weighted by Gasteiger charge is 1.95. The number of carbonyl (C=O) groups excluding carboxylic acids is 1. The summed E-state index contributed by atoms with van der Waals surface area (Å²) in [5, 5.41) is 0. The lowest BCUT2D eigenvalue weighted by Crippen LogP contribution is -2.05. The molecule has 2 N–H and O–H groups in total. The van der Waals surface area contributed by atoms with E-state index in [1.54, 1.807) is 12.3 Å². The van der Waals surface area contributed by atoms with Gasteiger partial charge < -0.3 is 10.3 Å². The van der Waals surface area contributed by atoms with Crippen LogP contribution in [0, 0.1) is 0 Å². The van der Waals surface area contributed by atoms with Gasteiger partial charge in [-0.05, 0) is 13.0 Å². The van der Waals surface area contributed by atoms with Gasteiger partial charge in [-0.1, -0.05) is 0 Å². The monoisotopic (exact) mass is 165 g/mol. The fraction of sp³-hybridized carbons (Fsp3) is 0.250. The Morgan fingerprint density at radius 2 is 2.58 bits per heavy atom. The maximum atomic E-state index is 10.4. The summed E-state index contributed by atoms with van der Waals surface area (Å²) in [6, 6.07) is 0. The third-order valence-electron chi connectivity index (χ3n) is 1.49. The highest BCUT2D eigenvalue weighted by molar-refractivity contribution is 5.89. The molecule has 0 radical (unpaired) electrons. The first-order valence-corrected chi connectivity index (χ1v) is 3.72. The van der Waals surface area contributed by atoms with Gasteiger partial charge in [0.2, 0.25) is 5.91 Å². The average molecular weight is 165 g/mol. The molecule has 0 bridgehead atoms. The minimum Gasteiger partial charge on any atom is -0.366 e. The van der Waals surface area contributed by atoms with Crippen molar-refractivity contribution in [2.24, 2.45) is 5.73 Å². The number of nitrogens with zero attached hydrogens (tertiary/aromatic N) is 2. The van der Waals surface area contributed by atoms with Crippen molar-refractivity contribution >= 4 is 12.0 Å². The molecule has 0 saturated carbocycles. The van der Waals surface area contributed by atoms with Crippen molar-refractivity contribution in [3.63, 3.8) is 0 Å². The summed E-state index contributed by atoms with van der Waals surface area (Å²) in [6.07, 6.45) is 6.44. The Morgan fingerprint density at radius 3 is 3.17 bits per heavy atom. The minimum atomic E-state index is -0.458. The molecular weight excluding hydrogens is 154 g/mol. The Bertz CT molecular complexity index is 301. The lowest BCUT2D eigenvalue weighted by molar-refractivity contribution is -0.113. The highest BCUT2D eigenvalue weighted by Crippen LogP contribution is 1.98. The molecular formula is C8H11N3O. The number of hydrogen-bond donors (Lipinski definition) is 1. The van der Waals surface area contributed by atoms with Gasteiger partial charge in [-0.3, -0.25) is 4.79 Å². The molecule has 12 heavy (non-hydrogen) atoms. The van der Waals surface area contributed by atoms with Crippen LogP contribution in [0.5, 0.6) is 0 Å². The molecule has 4 heteroatoms. The summed E-state index contributed by atoms with van der Waals surface area (Å²) in [5.74, 6) is 0.289. The van der Waals surface area contributed by atoms with E-state index < -0.39 is 5.91 Å². The molecule has 4 nitrogen and oxygen atoms in total. The van der Waals surface area contributed by atoms with Crippen LogP contribution >= 0.6 is 0 Å². The fourth-order valence-corrected chi connectivity index (χ4v) is 0.904. The van der Waals surface area contributed by atoms with Gasteiger partial charge >= 0.3 is 0 Å². The van der Waals surface area contributed by atoms with Crippen LogP contribution < -0.4 is 5.73 Å². The highest BCUT2D eigenvalue weighted by atomic mass is 16.1. The van der Waals surface area contributed by atoms with E-state index in [1.807, 2.05) is 17.7 Å². The molecule has 1 heterocycles. The fourth-order valence-electron chi connectivity index (χ4n) is 0.904. The Morgan fingerprint density at radius 1 is 1.83 bits per heavy atom. The summed E-state index contributed by atoms with van der Waals surface area (Å²) >= 11 is 0. The number of aryl methyl sites for hydroxylation is 1. The second kappa shape index (κ2) is 3.71. The molecule has 0 saturated heterocycles. The molecule has 0 aliphatic rings. The summed E-state index contributed by atoms with van der Waals surface area (Å²) in [4.78, 5) is 14.4. The predicted molar refractivity (Wildman–Crippen MR) is 46.1 cm³/mol. The molecule has 0 aromatic carbocycles. The topological polar surface area (TPSA) is 60.9 Å². The number of primary amides is 1. The SMILES string of the molecule is CCn1ccnc1C=CC(N)=O. The van der Waals surface area contributed by atoms with E-state index in [0.717, 1.165) is 12.4 Å². The first-order valence-electron chi connectivity index (χ1n) is 3.72. The van der Waals surface area contributed by atoms with E-state index in [2.05, 4.69) is 4.98 Å². The maximum Gasteiger partial charge on any atom is 0.241 e. The van der Waals surface area contributed by atoms with Crippen molar-refractivity contribution < 1.29 is 4.79 Å². The van der Waals surface area contributed by atoms with E-state index in [0.29, 0.717) is 0 Å². The Hall–Kier alpha value is -1.58. The molecule has 0 spiro atoms. The van der Waals surface area contributed by atoms with Crippen LogP contribution in [0.4, 0.5) is 0 Å². The number of imidazole rings is 1. The maximum absolute atomic E-state index is 10.4. The van der Waals surface area contributed by atoms with Gasteiger partial charge in [0, 0.05) is 25.0 Å². The predicted octanol–water partition coefficient (Wildman–Crippen LogP) is 0.402. The van der Waals surface area contributed by atoms with Crippen LogP contribution in [0.2, 0.25) is 0 Å². The molecule has 0 atom stereocenters. The zero-order chi connectivity index (χ0) is 8.97. The summed E-state index contributed by atoms with van der Waals surface area (Å²) < 4.78 is 1.92. The van der Waals surface area contributed by atoms with Crippen molar-refractivity contribution in [1.82, 2.24) is 9.55 Å². The van der Waals surface area contributed by atoms with Crippen LogP contribution in [0.3, 0.4) is 0 Å². The second-order valence-electron chi connectivity index (χ2n) is 2.31. The molecule has 0 unspecified atom stereocenters. The van der Waals surface area contributed by atoms with Gasteiger partial charge in [-0.2, -0.15) is 0 Å². The largest absolute Gasteiger partial charge is 0.366 e. The number of rotatable bonds is 3. The Kier molecular flexibility index (Phi) is 2.63. The standard InChI is InChI=1S/C8H11N3O/c1-2-11-6-5-10-8(11)4-3-7(9)12/h3-6H,2H2,1H3,(H2,9,12). The van der Waals surface area contributed by atoms with Crippen molar-refractivity contribution in [3.8, 4) is 0 Å². The van der Waals surface area contributed by atoms with E-state index in [9.17, 15) is 4.79 Å². The average Bonchev–Trinajstić information content (AvgIpc) is 2.47. The van der Waals surface area contributed by atoms with Crippen LogP contribution in [0.1, 0.15) is 12.7 Å². The Labute approximate surface area is 70.7 Å². The molecule has 1 aromatic rings. The molecule has 0 aliphatic carbocycles. The molecule has 0 fully saturated rings. The van der Waals surface area contributed by atoms with E-state index in [1.165, 1.54) is 6.08 Å². The number of aromatic nitrogens is 2. The zero-order valence-corrected chi connectivity index (χ0v) is 6.90. The quantitative estimate of drug-likeness (QED) is 0.659. The lowest BCUT2D eigenvalue weighted by Gasteiger charge is -1.97. The van der Waals surface area contributed by atoms with Gasteiger partial charge in [0.1, 0.15) is 5.82 Å². The van der Waals surface area contributed by atoms with Gasteiger partial charge in [-0.15, -0.1) is 0 Å². The molecule has 1 aromatic heterocycles. The summed E-state index contributed by atoms with van der Waals surface area (Å²) in [5.41, 5.74) is 4.94. The third-order valence-corrected chi connectivity index (χ3v) is 1.49. The van der Waals surface area contributed by atoms with Crippen molar-refractivity contribution in [2.45, 2.75) is 13.5 Å². The van der Waals surface area contributed by atoms with E-state index in [4.69, 9.17) is 5.73 Å². The molecule has 1 amide bonds. The number of hydrogen-bond acceptors (Lipinski definition) is 2. The van der Waals surface area contributed by atoms with Crippen molar-refractivity contribution in [3.05, 3.63) is 24.3 Å². The zero-order valence-electron chi connectivity index (χ0n) is 6.90. The van der Waals surface area contributed by atoms with Gasteiger partial charge in [0.25, 0.3) is 0 Å². The van der Waals surface area contributed by atoms with Crippen LogP contribution in [0.25, 0.3) is 6.08 Å². The summed E-state index contributed by atoms with van der Waals surface area (Å²) in [6.45, 7) is 2.84. The van der Waals surface area contributed by atoms with Gasteiger partial charge in [0.05, 0.1) is 0 Å². The second-order valence-corrected chi connectivity index (χ2v) is 2.31. The number of carbonyl (C=O) groups is 1.